The Balaban J connectivity index is 1.66. The number of benzene rings is 2. The van der Waals surface area contributed by atoms with Gasteiger partial charge in [0.05, 0.1) is 0 Å². The third-order valence-corrected chi connectivity index (χ3v) is 5.10. The van der Waals surface area contributed by atoms with Gasteiger partial charge in [-0.1, -0.05) is 30.3 Å². The third kappa shape index (κ3) is 2.67. The molecule has 6 nitrogen and oxygen atoms in total. The Morgan fingerprint density at radius 1 is 1.14 bits per heavy atom. The summed E-state index contributed by atoms with van der Waals surface area (Å²) in [5.41, 5.74) is 3.50. The molecule has 1 N–H and O–H groups in total. The molecular formula is C21H18FN5O. The molecule has 1 aromatic heterocycles. The van der Waals surface area contributed by atoms with Gasteiger partial charge in [-0.25, -0.2) is 14.4 Å². The van der Waals surface area contributed by atoms with Crippen LogP contribution in [0.25, 0.3) is 0 Å². The lowest BCUT2D eigenvalue weighted by molar-refractivity contribution is 0.571. The zero-order chi connectivity index (χ0) is 19.3. The number of fused-ring (bicyclic) bond motifs is 2. The van der Waals surface area contributed by atoms with E-state index in [0.717, 1.165) is 24.2 Å². The lowest BCUT2D eigenvalue weighted by atomic mass is 10.1. The van der Waals surface area contributed by atoms with Crippen molar-refractivity contribution in [3.8, 4) is 0 Å². The maximum Gasteiger partial charge on any atom is 0.257 e. The SMILES string of the molecule is Cc1cc(=O)n2c(n1)NC(N1CCc3ccccc31)=NC2c1ccc(F)cc1. The van der Waals surface area contributed by atoms with Crippen molar-refractivity contribution in [1.29, 1.82) is 0 Å². The van der Waals surface area contributed by atoms with Crippen LogP contribution in [0.4, 0.5) is 16.0 Å². The van der Waals surface area contributed by atoms with Crippen LogP contribution >= 0.6 is 0 Å². The fourth-order valence-electron chi connectivity index (χ4n) is 3.79. The molecule has 3 heterocycles. The van der Waals surface area contributed by atoms with Crippen LogP contribution in [0.15, 0.2) is 64.4 Å². The molecule has 0 saturated carbocycles. The second-order valence-corrected chi connectivity index (χ2v) is 6.96. The molecule has 0 bridgehead atoms. The highest BCUT2D eigenvalue weighted by atomic mass is 19.1. The van der Waals surface area contributed by atoms with Gasteiger partial charge in [-0.3, -0.25) is 14.7 Å². The van der Waals surface area contributed by atoms with Crippen LogP contribution in [0.3, 0.4) is 0 Å². The molecule has 7 heteroatoms. The van der Waals surface area contributed by atoms with E-state index in [9.17, 15) is 9.18 Å². The van der Waals surface area contributed by atoms with Crippen LogP contribution in [0.5, 0.6) is 0 Å². The Hall–Kier alpha value is -3.48. The Kier molecular flexibility index (Phi) is 3.75. The average molecular weight is 375 g/mol. The van der Waals surface area contributed by atoms with Crippen molar-refractivity contribution in [3.05, 3.63) is 87.6 Å². The minimum atomic E-state index is -0.611. The Morgan fingerprint density at radius 3 is 2.75 bits per heavy atom. The minimum absolute atomic E-state index is 0.200. The molecule has 0 fully saturated rings. The summed E-state index contributed by atoms with van der Waals surface area (Å²) in [6.07, 6.45) is 0.312. The first-order chi connectivity index (χ1) is 13.6. The van der Waals surface area contributed by atoms with Crippen molar-refractivity contribution in [2.45, 2.75) is 19.5 Å². The molecule has 5 rings (SSSR count). The van der Waals surface area contributed by atoms with Crippen LogP contribution in [0, 0.1) is 12.7 Å². The van der Waals surface area contributed by atoms with Gasteiger partial charge in [0.25, 0.3) is 5.56 Å². The van der Waals surface area contributed by atoms with Gasteiger partial charge in [0.15, 0.2) is 6.17 Å². The first-order valence-electron chi connectivity index (χ1n) is 9.16. The van der Waals surface area contributed by atoms with Crippen LogP contribution in [0.2, 0.25) is 0 Å². The van der Waals surface area contributed by atoms with E-state index in [1.165, 1.54) is 28.3 Å². The standard InChI is InChI=1S/C21H18FN5O/c1-13-12-18(28)27-19(15-6-8-16(22)9-7-15)24-20(25-21(27)23-13)26-11-10-14-4-2-3-5-17(14)26/h2-9,12,19H,10-11H2,1H3,(H,23,24,25). The molecule has 1 atom stereocenters. The van der Waals surface area contributed by atoms with E-state index in [0.29, 0.717) is 17.6 Å². The molecule has 3 aromatic rings. The maximum atomic E-state index is 13.4. The predicted molar refractivity (Wildman–Crippen MR) is 106 cm³/mol. The van der Waals surface area contributed by atoms with E-state index in [2.05, 4.69) is 27.3 Å². The van der Waals surface area contributed by atoms with Crippen LogP contribution < -0.4 is 15.8 Å². The summed E-state index contributed by atoms with van der Waals surface area (Å²) in [7, 11) is 0. The van der Waals surface area contributed by atoms with Crippen molar-refractivity contribution in [2.24, 2.45) is 4.99 Å². The normalized spacial score (nSPS) is 17.6. The van der Waals surface area contributed by atoms with Gasteiger partial charge in [0.2, 0.25) is 11.9 Å². The topological polar surface area (TPSA) is 62.5 Å². The van der Waals surface area contributed by atoms with Crippen LogP contribution in [-0.2, 0) is 6.42 Å². The quantitative estimate of drug-likeness (QED) is 0.710. The molecule has 0 saturated heterocycles. The van der Waals surface area contributed by atoms with Crippen molar-refractivity contribution in [3.63, 3.8) is 0 Å². The second-order valence-electron chi connectivity index (χ2n) is 6.96. The number of guanidine groups is 1. The minimum Gasteiger partial charge on any atom is -0.312 e. The average Bonchev–Trinajstić information content (AvgIpc) is 3.11. The summed E-state index contributed by atoms with van der Waals surface area (Å²) in [5, 5.41) is 3.23. The fourth-order valence-corrected chi connectivity index (χ4v) is 3.79. The maximum absolute atomic E-state index is 13.4. The van der Waals surface area contributed by atoms with Gasteiger partial charge < -0.3 is 4.90 Å². The summed E-state index contributed by atoms with van der Waals surface area (Å²) in [5.74, 6) is 0.746. The number of aliphatic imine (C=N–C) groups is 1. The second kappa shape index (κ2) is 6.30. The predicted octanol–water partition coefficient (Wildman–Crippen LogP) is 3.08. The Morgan fingerprint density at radius 2 is 1.93 bits per heavy atom. The zero-order valence-electron chi connectivity index (χ0n) is 15.3. The van der Waals surface area contributed by atoms with Crippen molar-refractivity contribution in [1.82, 2.24) is 9.55 Å². The molecule has 28 heavy (non-hydrogen) atoms. The molecule has 2 aromatic carbocycles. The highest BCUT2D eigenvalue weighted by Crippen LogP contribution is 2.32. The highest BCUT2D eigenvalue weighted by molar-refractivity contribution is 6.06. The molecule has 140 valence electrons. The lowest BCUT2D eigenvalue weighted by Gasteiger charge is -2.31. The summed E-state index contributed by atoms with van der Waals surface area (Å²) < 4.78 is 14.9. The lowest BCUT2D eigenvalue weighted by Crippen LogP contribution is -2.43. The van der Waals surface area contributed by atoms with E-state index in [1.807, 2.05) is 12.1 Å². The molecular weight excluding hydrogens is 357 g/mol. The summed E-state index contributed by atoms with van der Waals surface area (Å²) in [6, 6.07) is 15.7. The number of rotatable bonds is 1. The smallest absolute Gasteiger partial charge is 0.257 e. The largest absolute Gasteiger partial charge is 0.312 e. The van der Waals surface area contributed by atoms with Gasteiger partial charge in [-0.05, 0) is 42.7 Å². The van der Waals surface area contributed by atoms with Gasteiger partial charge >= 0.3 is 0 Å². The monoisotopic (exact) mass is 375 g/mol. The molecule has 0 spiro atoms. The van der Waals surface area contributed by atoms with Gasteiger partial charge in [0.1, 0.15) is 5.82 Å². The Labute approximate surface area is 161 Å². The number of nitrogens with zero attached hydrogens (tertiary/aromatic N) is 4. The fraction of sp³-hybridized carbons (Fsp3) is 0.190. The first kappa shape index (κ1) is 16.7. The van der Waals surface area contributed by atoms with E-state index < -0.39 is 6.17 Å². The molecule has 2 aliphatic heterocycles. The Bertz CT molecular complexity index is 1150. The molecule has 2 aliphatic rings. The summed E-state index contributed by atoms with van der Waals surface area (Å²) >= 11 is 0. The van der Waals surface area contributed by atoms with Crippen molar-refractivity contribution >= 4 is 17.6 Å². The van der Waals surface area contributed by atoms with Crippen molar-refractivity contribution < 1.29 is 4.39 Å². The number of halogens is 1. The molecule has 1 unspecified atom stereocenters. The van der Waals surface area contributed by atoms with E-state index in [-0.39, 0.29) is 11.4 Å². The van der Waals surface area contributed by atoms with Gasteiger partial charge in [0, 0.05) is 24.0 Å². The number of aromatic nitrogens is 2. The summed E-state index contributed by atoms with van der Waals surface area (Å²) in [4.78, 5) is 24.1. The van der Waals surface area contributed by atoms with E-state index in [1.54, 1.807) is 19.1 Å². The van der Waals surface area contributed by atoms with Gasteiger partial charge in [-0.15, -0.1) is 0 Å². The number of nitrogens with one attached hydrogen (secondary N) is 1. The molecule has 0 radical (unpaired) electrons. The van der Waals surface area contributed by atoms with Gasteiger partial charge in [-0.2, -0.15) is 0 Å². The number of hydrogen-bond donors (Lipinski definition) is 1. The first-order valence-corrected chi connectivity index (χ1v) is 9.16. The van der Waals surface area contributed by atoms with E-state index >= 15 is 0 Å². The third-order valence-electron chi connectivity index (χ3n) is 5.10. The van der Waals surface area contributed by atoms with Crippen LogP contribution in [0.1, 0.15) is 23.0 Å². The number of para-hydroxylation sites is 1. The van der Waals surface area contributed by atoms with Crippen LogP contribution in [-0.4, -0.2) is 22.1 Å². The van der Waals surface area contributed by atoms with E-state index in [4.69, 9.17) is 4.99 Å². The molecule has 0 amide bonds. The molecule has 0 aliphatic carbocycles. The number of hydrogen-bond acceptors (Lipinski definition) is 5. The summed E-state index contributed by atoms with van der Waals surface area (Å²) in [6.45, 7) is 2.57. The number of anilines is 2. The number of aryl methyl sites for hydroxylation is 1. The zero-order valence-corrected chi connectivity index (χ0v) is 15.3. The van der Waals surface area contributed by atoms with Crippen molar-refractivity contribution in [2.75, 3.05) is 16.8 Å². The highest BCUT2D eigenvalue weighted by Gasteiger charge is 2.30.